The van der Waals surface area contributed by atoms with E-state index in [1.54, 1.807) is 6.07 Å². The van der Waals surface area contributed by atoms with E-state index >= 15 is 0 Å². The zero-order chi connectivity index (χ0) is 35.7. The average Bonchev–Trinajstić information content (AvgIpc) is 3.11. The first-order valence-corrected chi connectivity index (χ1v) is 18.1. The first kappa shape index (κ1) is 40.4. The number of nitrogens with one attached hydrogen (secondary N) is 3. The first-order chi connectivity index (χ1) is 22.9. The molecule has 0 spiro atoms. The third kappa shape index (κ3) is 12.1. The number of halogens is 3. The smallest absolute Gasteiger partial charge is 0.352 e. The minimum absolute atomic E-state index is 0.0394. The van der Waals surface area contributed by atoms with E-state index in [4.69, 9.17) is 0 Å². The van der Waals surface area contributed by atoms with Crippen LogP contribution in [0.4, 0.5) is 13.2 Å². The molecule has 1 heterocycles. The van der Waals surface area contributed by atoms with Gasteiger partial charge in [-0.25, -0.2) is 8.42 Å². The van der Waals surface area contributed by atoms with Crippen molar-refractivity contribution < 1.29 is 31.2 Å². The summed E-state index contributed by atoms with van der Waals surface area (Å²) in [5, 5.41) is 8.69. The van der Waals surface area contributed by atoms with Crippen LogP contribution in [-0.2, 0) is 22.7 Å². The van der Waals surface area contributed by atoms with Gasteiger partial charge in [0.15, 0.2) is 0 Å². The highest BCUT2D eigenvalue weighted by atomic mass is 32.2. The molecule has 1 fully saturated rings. The van der Waals surface area contributed by atoms with Crippen molar-refractivity contribution in [2.75, 3.05) is 26.2 Å². The van der Waals surface area contributed by atoms with Gasteiger partial charge in [0.05, 0.1) is 16.5 Å². The van der Waals surface area contributed by atoms with Gasteiger partial charge in [-0.15, -0.1) is 0 Å². The molecule has 1 saturated heterocycles. The lowest BCUT2D eigenvalue weighted by molar-refractivity contribution is -0.137. The highest BCUT2D eigenvalue weighted by molar-refractivity contribution is 7.89. The summed E-state index contributed by atoms with van der Waals surface area (Å²) in [6.07, 6.45) is -1.52. The molecule has 0 unspecified atom stereocenters. The van der Waals surface area contributed by atoms with Crippen LogP contribution in [0.3, 0.4) is 0 Å². The lowest BCUT2D eigenvalue weighted by Crippen LogP contribution is -2.36. The second-order valence-corrected chi connectivity index (χ2v) is 12.7. The van der Waals surface area contributed by atoms with Gasteiger partial charge in [0, 0.05) is 37.3 Å². The van der Waals surface area contributed by atoms with E-state index in [0.29, 0.717) is 31.6 Å². The van der Waals surface area contributed by atoms with Crippen LogP contribution < -0.4 is 16.0 Å². The maximum absolute atomic E-state index is 13.5. The van der Waals surface area contributed by atoms with E-state index in [-0.39, 0.29) is 35.2 Å². The Balaban J connectivity index is 0.00000193. The molecule has 1 aliphatic rings. The number of sulfonamides is 1. The van der Waals surface area contributed by atoms with Gasteiger partial charge in [0.25, 0.3) is 11.8 Å². The summed E-state index contributed by atoms with van der Waals surface area (Å²) in [5.41, 5.74) is 0.744. The van der Waals surface area contributed by atoms with E-state index < -0.39 is 33.6 Å². The topological polar surface area (TPSA) is 108 Å². The van der Waals surface area contributed by atoms with Gasteiger partial charge in [0.2, 0.25) is 10.0 Å². The van der Waals surface area contributed by atoms with Crippen molar-refractivity contribution in [1.29, 1.82) is 0 Å². The lowest BCUT2D eigenvalue weighted by atomic mass is 10.1. The Morgan fingerprint density at radius 3 is 2.06 bits per heavy atom. The Kier molecular flexibility index (Phi) is 16.8. The Morgan fingerprint density at radius 2 is 1.44 bits per heavy atom. The molecule has 0 saturated carbocycles. The minimum Gasteiger partial charge on any atom is -0.352 e. The van der Waals surface area contributed by atoms with Crippen molar-refractivity contribution in [3.8, 4) is 0 Å². The number of piperidine rings is 1. The molecule has 3 N–H and O–H groups in total. The zero-order valence-electron chi connectivity index (χ0n) is 28.5. The van der Waals surface area contributed by atoms with Crippen molar-refractivity contribution in [2.45, 2.75) is 84.0 Å². The second-order valence-electron chi connectivity index (χ2n) is 10.8. The minimum atomic E-state index is -4.41. The molecular formula is C36H49F3N4O4S. The van der Waals surface area contributed by atoms with E-state index in [2.05, 4.69) is 16.0 Å². The van der Waals surface area contributed by atoms with Gasteiger partial charge >= 0.3 is 6.18 Å². The molecule has 0 aromatic heterocycles. The largest absolute Gasteiger partial charge is 0.416 e. The third-order valence-electron chi connectivity index (χ3n) is 7.43. The van der Waals surface area contributed by atoms with E-state index in [1.165, 1.54) is 28.6 Å². The summed E-state index contributed by atoms with van der Waals surface area (Å²) in [4.78, 5) is 26.3. The summed E-state index contributed by atoms with van der Waals surface area (Å²) in [6, 6.07) is 18.0. The molecular weight excluding hydrogens is 641 g/mol. The number of hydrogen-bond acceptors (Lipinski definition) is 5. The average molecular weight is 691 g/mol. The fraction of sp³-hybridized carbons (Fsp3) is 0.444. The van der Waals surface area contributed by atoms with Crippen LogP contribution in [-0.4, -0.2) is 50.7 Å². The third-order valence-corrected chi connectivity index (χ3v) is 9.31. The molecule has 0 radical (unpaired) electrons. The number of carbonyl (C=O) groups excluding carboxylic acids is 2. The Labute approximate surface area is 283 Å². The molecule has 0 aliphatic carbocycles. The maximum Gasteiger partial charge on any atom is 0.416 e. The Bertz CT molecular complexity index is 1540. The van der Waals surface area contributed by atoms with Crippen molar-refractivity contribution in [3.05, 3.63) is 101 Å². The van der Waals surface area contributed by atoms with Gasteiger partial charge in [-0.1, -0.05) is 82.6 Å². The fourth-order valence-electron chi connectivity index (χ4n) is 4.98. The molecule has 2 amide bonds. The molecule has 264 valence electrons. The number of hydrogen-bond donors (Lipinski definition) is 3. The molecule has 8 nitrogen and oxygen atoms in total. The van der Waals surface area contributed by atoms with Crippen molar-refractivity contribution >= 4 is 21.8 Å². The van der Waals surface area contributed by atoms with Gasteiger partial charge < -0.3 is 16.0 Å². The van der Waals surface area contributed by atoms with Crippen LogP contribution >= 0.6 is 0 Å². The van der Waals surface area contributed by atoms with Crippen LogP contribution in [0.5, 0.6) is 0 Å². The summed E-state index contributed by atoms with van der Waals surface area (Å²) < 4.78 is 67.2. The second kappa shape index (κ2) is 19.9. The quantitative estimate of drug-likeness (QED) is 0.173. The molecule has 4 rings (SSSR count). The Hall–Kier alpha value is -3.74. The number of carbonyl (C=O) groups is 2. The van der Waals surface area contributed by atoms with Crippen LogP contribution in [0.1, 0.15) is 104 Å². The summed E-state index contributed by atoms with van der Waals surface area (Å²) in [5.74, 6) is -1.05. The molecule has 1 atom stereocenters. The zero-order valence-corrected chi connectivity index (χ0v) is 29.3. The predicted octanol–water partition coefficient (Wildman–Crippen LogP) is 7.33. The first-order valence-electron chi connectivity index (χ1n) is 16.6. The van der Waals surface area contributed by atoms with Gasteiger partial charge in [0.1, 0.15) is 0 Å². The number of benzene rings is 3. The van der Waals surface area contributed by atoms with E-state index in [0.717, 1.165) is 37.0 Å². The predicted molar refractivity (Wildman–Crippen MR) is 184 cm³/mol. The van der Waals surface area contributed by atoms with Crippen LogP contribution in [0, 0.1) is 0 Å². The summed E-state index contributed by atoms with van der Waals surface area (Å²) in [7, 11) is -3.93. The molecule has 3 aromatic carbocycles. The maximum atomic E-state index is 13.5. The van der Waals surface area contributed by atoms with Crippen LogP contribution in [0.25, 0.3) is 0 Å². The van der Waals surface area contributed by atoms with E-state index in [9.17, 15) is 31.2 Å². The number of nitrogens with zero attached hydrogens (tertiary/aromatic N) is 1. The number of alkyl halides is 3. The summed E-state index contributed by atoms with van der Waals surface area (Å²) >= 11 is 0. The van der Waals surface area contributed by atoms with Crippen molar-refractivity contribution in [1.82, 2.24) is 20.3 Å². The van der Waals surface area contributed by atoms with Gasteiger partial charge in [-0.3, -0.25) is 9.59 Å². The van der Waals surface area contributed by atoms with Gasteiger partial charge in [-0.05, 0) is 68.1 Å². The lowest BCUT2D eigenvalue weighted by Gasteiger charge is -2.26. The number of rotatable bonds is 12. The highest BCUT2D eigenvalue weighted by Gasteiger charge is 2.30. The van der Waals surface area contributed by atoms with Crippen LogP contribution in [0.2, 0.25) is 0 Å². The normalized spacial score (nSPS) is 14.0. The molecule has 1 aliphatic heterocycles. The molecule has 48 heavy (non-hydrogen) atoms. The SMILES string of the molecule is CC.CC.C[C@@H](NC(=O)c1cc(C(=O)NCCCNCc2cccc(C(F)(F)F)c2)cc(S(=O)(=O)N2CCCCC2)c1)c1ccccc1. The van der Waals surface area contributed by atoms with Crippen molar-refractivity contribution in [2.24, 2.45) is 0 Å². The molecule has 3 aromatic rings. The highest BCUT2D eigenvalue weighted by Crippen LogP contribution is 2.29. The van der Waals surface area contributed by atoms with Crippen LogP contribution in [0.15, 0.2) is 77.7 Å². The van der Waals surface area contributed by atoms with Gasteiger partial charge in [-0.2, -0.15) is 17.5 Å². The molecule has 0 bridgehead atoms. The van der Waals surface area contributed by atoms with Crippen molar-refractivity contribution in [3.63, 3.8) is 0 Å². The Morgan fingerprint density at radius 1 is 0.812 bits per heavy atom. The van der Waals surface area contributed by atoms with E-state index in [1.807, 2.05) is 65.0 Å². The monoisotopic (exact) mass is 690 g/mol. The fourth-order valence-corrected chi connectivity index (χ4v) is 6.57. The summed E-state index contributed by atoms with van der Waals surface area (Å²) in [6.45, 7) is 11.4. The number of amides is 2. The standard InChI is InChI=1S/C32H37F3N4O4S.2C2H6/c1-23(25-11-4-2-5-12-25)38-31(41)27-19-26(20-29(21-27)44(42,43)39-16-6-3-7-17-39)30(40)37-15-9-14-36-22-24-10-8-13-28(18-24)32(33,34)35;2*1-2/h2,4-5,8,10-13,18-21,23,36H,3,6-7,9,14-17,22H2,1H3,(H,37,40)(H,38,41);2*1-2H3/t23-;;/m1../s1. The molecule has 12 heteroatoms.